The number of aromatic amines is 1. The molecule has 0 atom stereocenters. The monoisotopic (exact) mass is 358 g/mol. The molecule has 2 aromatic rings. The molecule has 0 aliphatic rings. The molecule has 94 valence electrons. The molecule has 2 N–H and O–H groups in total. The second-order valence-electron chi connectivity index (χ2n) is 4.08. The highest BCUT2D eigenvalue weighted by molar-refractivity contribution is 14.1. The molecule has 2 rings (SSSR count). The predicted molar refractivity (Wildman–Crippen MR) is 78.6 cm³/mol. The van der Waals surface area contributed by atoms with Crippen LogP contribution in [-0.4, -0.2) is 30.2 Å². The number of carboxylic acid groups (broad SMARTS) is 1. The van der Waals surface area contributed by atoms with Gasteiger partial charge in [-0.2, -0.15) is 0 Å². The van der Waals surface area contributed by atoms with Gasteiger partial charge in [-0.1, -0.05) is 0 Å². The maximum atomic E-state index is 12.0. The molecule has 0 fully saturated rings. The van der Waals surface area contributed by atoms with E-state index in [2.05, 4.69) is 27.6 Å². The molecule has 0 saturated heterocycles. The van der Waals surface area contributed by atoms with Crippen LogP contribution in [0.5, 0.6) is 0 Å². The lowest BCUT2D eigenvalue weighted by atomic mass is 10.1. The number of pyridine rings is 1. The van der Waals surface area contributed by atoms with Gasteiger partial charge in [-0.15, -0.1) is 0 Å². The smallest absolute Gasteiger partial charge is 0.341 e. The van der Waals surface area contributed by atoms with E-state index in [0.717, 1.165) is 9.26 Å². The van der Waals surface area contributed by atoms with Crippen molar-refractivity contribution in [1.82, 2.24) is 4.98 Å². The van der Waals surface area contributed by atoms with Crippen LogP contribution in [0.2, 0.25) is 0 Å². The van der Waals surface area contributed by atoms with E-state index < -0.39 is 11.4 Å². The Kier molecular flexibility index (Phi) is 3.29. The summed E-state index contributed by atoms with van der Waals surface area (Å²) in [5.74, 6) is -1.22. The summed E-state index contributed by atoms with van der Waals surface area (Å²) >= 11 is 2.13. The molecule has 6 heteroatoms. The largest absolute Gasteiger partial charge is 0.477 e. The van der Waals surface area contributed by atoms with Crippen LogP contribution in [0.4, 0.5) is 5.69 Å². The highest BCUT2D eigenvalue weighted by Gasteiger charge is 2.13. The molecule has 0 bridgehead atoms. The number of hydrogen-bond acceptors (Lipinski definition) is 3. The Morgan fingerprint density at radius 3 is 2.61 bits per heavy atom. The van der Waals surface area contributed by atoms with Crippen molar-refractivity contribution >= 4 is 45.2 Å². The molecule has 0 spiro atoms. The van der Waals surface area contributed by atoms with Gasteiger partial charge in [-0.05, 0) is 34.7 Å². The van der Waals surface area contributed by atoms with Gasteiger partial charge in [0.15, 0.2) is 0 Å². The molecule has 1 heterocycles. The van der Waals surface area contributed by atoms with Crippen LogP contribution in [0, 0.1) is 3.57 Å². The molecule has 0 aliphatic heterocycles. The topological polar surface area (TPSA) is 73.4 Å². The van der Waals surface area contributed by atoms with E-state index in [4.69, 9.17) is 5.11 Å². The lowest BCUT2D eigenvalue weighted by Crippen LogP contribution is -2.16. The lowest BCUT2D eigenvalue weighted by molar-refractivity contribution is 0.0695. The van der Waals surface area contributed by atoms with Gasteiger partial charge in [0, 0.05) is 29.2 Å². The van der Waals surface area contributed by atoms with E-state index in [0.29, 0.717) is 10.9 Å². The highest BCUT2D eigenvalue weighted by atomic mass is 127. The fourth-order valence-corrected chi connectivity index (χ4v) is 2.68. The number of anilines is 1. The molecular weight excluding hydrogens is 347 g/mol. The summed E-state index contributed by atoms with van der Waals surface area (Å²) in [5, 5.41) is 9.30. The van der Waals surface area contributed by atoms with Crippen LogP contribution in [-0.2, 0) is 0 Å². The first-order valence-corrected chi connectivity index (χ1v) is 6.25. The molecule has 0 aliphatic carbocycles. The molecule has 0 saturated carbocycles. The van der Waals surface area contributed by atoms with Gasteiger partial charge in [0.2, 0.25) is 5.43 Å². The number of carbonyl (C=O) groups is 1. The normalized spacial score (nSPS) is 10.6. The maximum Gasteiger partial charge on any atom is 0.341 e. The number of rotatable bonds is 2. The third kappa shape index (κ3) is 2.07. The third-order valence-corrected chi connectivity index (χ3v) is 3.52. The number of hydrogen-bond donors (Lipinski definition) is 2. The summed E-state index contributed by atoms with van der Waals surface area (Å²) in [4.78, 5) is 27.7. The molecule has 1 aromatic heterocycles. The summed E-state index contributed by atoms with van der Waals surface area (Å²) in [6.07, 6.45) is 1.24. The van der Waals surface area contributed by atoms with Gasteiger partial charge < -0.3 is 15.0 Å². The number of benzene rings is 1. The number of H-pyrrole nitrogens is 1. The number of carboxylic acids is 1. The Morgan fingerprint density at radius 1 is 1.39 bits per heavy atom. The fourth-order valence-electron chi connectivity index (χ4n) is 1.73. The van der Waals surface area contributed by atoms with Crippen molar-refractivity contribution in [2.75, 3.05) is 19.0 Å². The predicted octanol–water partition coefficient (Wildman–Crippen LogP) is 1.90. The van der Waals surface area contributed by atoms with Crippen LogP contribution < -0.4 is 10.3 Å². The minimum absolute atomic E-state index is 0.240. The molecule has 18 heavy (non-hydrogen) atoms. The first-order valence-electron chi connectivity index (χ1n) is 5.17. The third-order valence-electron chi connectivity index (χ3n) is 2.66. The van der Waals surface area contributed by atoms with E-state index in [-0.39, 0.29) is 5.56 Å². The van der Waals surface area contributed by atoms with Crippen molar-refractivity contribution in [1.29, 1.82) is 0 Å². The zero-order valence-corrected chi connectivity index (χ0v) is 12.0. The summed E-state index contributed by atoms with van der Waals surface area (Å²) < 4.78 is 0.901. The van der Waals surface area contributed by atoms with Crippen molar-refractivity contribution in [3.05, 3.63) is 37.7 Å². The Labute approximate surface area is 117 Å². The van der Waals surface area contributed by atoms with E-state index in [9.17, 15) is 9.59 Å². The van der Waals surface area contributed by atoms with E-state index in [1.165, 1.54) is 6.20 Å². The Balaban J connectivity index is 2.81. The number of fused-ring (bicyclic) bond motifs is 1. The first kappa shape index (κ1) is 12.9. The zero-order chi connectivity index (χ0) is 13.4. The summed E-state index contributed by atoms with van der Waals surface area (Å²) in [6.45, 7) is 0. The van der Waals surface area contributed by atoms with Gasteiger partial charge in [-0.25, -0.2) is 4.79 Å². The van der Waals surface area contributed by atoms with Gasteiger partial charge in [0.25, 0.3) is 0 Å². The van der Waals surface area contributed by atoms with E-state index >= 15 is 0 Å². The lowest BCUT2D eigenvalue weighted by Gasteiger charge is -2.15. The Hall–Kier alpha value is -1.57. The van der Waals surface area contributed by atoms with Crippen LogP contribution in [0.25, 0.3) is 10.9 Å². The maximum absolute atomic E-state index is 12.0. The first-order chi connectivity index (χ1) is 8.41. The molecular formula is C12H11IN2O3. The molecule has 0 amide bonds. The van der Waals surface area contributed by atoms with Crippen LogP contribution in [0.15, 0.2) is 23.1 Å². The minimum atomic E-state index is -1.22. The van der Waals surface area contributed by atoms with Crippen LogP contribution in [0.1, 0.15) is 10.4 Å². The molecule has 1 aromatic carbocycles. The Bertz CT molecular complexity index is 692. The van der Waals surface area contributed by atoms with Crippen LogP contribution in [0.3, 0.4) is 0 Å². The van der Waals surface area contributed by atoms with Crippen molar-refractivity contribution < 1.29 is 9.90 Å². The number of nitrogens with one attached hydrogen (secondary N) is 1. The zero-order valence-electron chi connectivity index (χ0n) is 9.82. The molecule has 5 nitrogen and oxygen atoms in total. The van der Waals surface area contributed by atoms with Gasteiger partial charge in [0.05, 0.1) is 11.2 Å². The van der Waals surface area contributed by atoms with E-state index in [1.807, 2.05) is 25.1 Å². The second kappa shape index (κ2) is 4.60. The van der Waals surface area contributed by atoms with Crippen molar-refractivity contribution in [3.63, 3.8) is 0 Å². The summed E-state index contributed by atoms with van der Waals surface area (Å²) in [6, 6.07) is 3.54. The SMILES string of the molecule is CN(C)c1cc2[nH]cc(C(=O)O)c(=O)c2cc1I. The average molecular weight is 358 g/mol. The fraction of sp³-hybridized carbons (Fsp3) is 0.167. The number of aromatic carboxylic acids is 1. The number of aromatic nitrogens is 1. The highest BCUT2D eigenvalue weighted by Crippen LogP contribution is 2.24. The van der Waals surface area contributed by atoms with E-state index in [1.54, 1.807) is 6.07 Å². The van der Waals surface area contributed by atoms with Crippen molar-refractivity contribution in [3.8, 4) is 0 Å². The van der Waals surface area contributed by atoms with Crippen molar-refractivity contribution in [2.45, 2.75) is 0 Å². The minimum Gasteiger partial charge on any atom is -0.477 e. The Morgan fingerprint density at radius 2 is 2.06 bits per heavy atom. The van der Waals surface area contributed by atoms with Gasteiger partial charge in [0.1, 0.15) is 5.56 Å². The summed E-state index contributed by atoms with van der Waals surface area (Å²) in [5.41, 5.74) is 0.909. The number of halogens is 1. The summed E-state index contributed by atoms with van der Waals surface area (Å²) in [7, 11) is 3.82. The van der Waals surface area contributed by atoms with Crippen molar-refractivity contribution in [2.24, 2.45) is 0 Å². The molecule has 0 unspecified atom stereocenters. The van der Waals surface area contributed by atoms with Gasteiger partial charge in [-0.3, -0.25) is 4.79 Å². The standard InChI is InChI=1S/C12H11IN2O3/c1-15(2)10-4-9-6(3-8(10)13)11(16)7(5-14-9)12(17)18/h3-5H,1-2H3,(H,14,16)(H,17,18). The quantitative estimate of drug-likeness (QED) is 0.805. The average Bonchev–Trinajstić information content (AvgIpc) is 2.28. The van der Waals surface area contributed by atoms with Crippen LogP contribution >= 0.6 is 22.6 Å². The second-order valence-corrected chi connectivity index (χ2v) is 5.24. The number of nitrogens with zero attached hydrogens (tertiary/aromatic N) is 1. The van der Waals surface area contributed by atoms with Gasteiger partial charge >= 0.3 is 5.97 Å². The molecule has 0 radical (unpaired) electrons.